The molecular weight excluding hydrogens is 897 g/mol. The van der Waals surface area contributed by atoms with Crippen LogP contribution in [0.15, 0.2) is 48.5 Å². The Kier molecular flexibility index (Phi) is 41.6. The summed E-state index contributed by atoms with van der Waals surface area (Å²) in [5, 5.41) is 0. The Bertz CT molecular complexity index is 1150. The Hall–Kier alpha value is -3.00. The monoisotopic (exact) mass is 977 g/mol. The molecule has 0 unspecified atom stereocenters. The van der Waals surface area contributed by atoms with Crippen LogP contribution in [0.5, 0.6) is 23.0 Å². The van der Waals surface area contributed by atoms with Crippen molar-refractivity contribution in [2.45, 2.75) is 0 Å². The van der Waals surface area contributed by atoms with Gasteiger partial charge >= 0.3 is 0 Å². The average molecular weight is 977 g/mol. The maximum absolute atomic E-state index is 5.87. The smallest absolute Gasteiger partial charge is 0.161 e. The van der Waals surface area contributed by atoms with E-state index in [0.29, 0.717) is 261 Å². The van der Waals surface area contributed by atoms with E-state index in [9.17, 15) is 0 Å². The molecule has 3 rings (SSSR count). The van der Waals surface area contributed by atoms with E-state index in [2.05, 4.69) is 0 Å². The summed E-state index contributed by atoms with van der Waals surface area (Å²) in [5.41, 5.74) is 0. The van der Waals surface area contributed by atoms with Crippen LogP contribution in [0.2, 0.25) is 0 Å². The first-order chi connectivity index (χ1) is 33.9. The first-order valence-corrected chi connectivity index (χ1v) is 23.9. The van der Waals surface area contributed by atoms with Gasteiger partial charge in [0.25, 0.3) is 0 Å². The molecule has 0 bridgehead atoms. The summed E-state index contributed by atoms with van der Waals surface area (Å²) in [6, 6.07) is 15.0. The number of rotatable bonds is 0. The van der Waals surface area contributed by atoms with Crippen LogP contribution in [0.4, 0.5) is 0 Å². The van der Waals surface area contributed by atoms with Gasteiger partial charge in [-0.2, -0.15) is 0 Å². The van der Waals surface area contributed by atoms with Crippen molar-refractivity contribution in [3.05, 3.63) is 48.5 Å². The van der Waals surface area contributed by atoms with Gasteiger partial charge in [-0.25, -0.2) is 0 Å². The van der Waals surface area contributed by atoms with Gasteiger partial charge in [-0.3, -0.25) is 0 Å². The molecule has 1 aliphatic heterocycles. The molecular formula is C48H80O20. The van der Waals surface area contributed by atoms with Crippen LogP contribution < -0.4 is 18.9 Å². The number of fused-ring (bicyclic) bond motifs is 2. The average Bonchev–Trinajstić information content (AvgIpc) is 3.36. The summed E-state index contributed by atoms with van der Waals surface area (Å²) in [6.07, 6.45) is 0. The van der Waals surface area contributed by atoms with Crippen LogP contribution in [0.3, 0.4) is 0 Å². The molecule has 1 aliphatic rings. The van der Waals surface area contributed by atoms with E-state index >= 15 is 0 Å². The summed E-state index contributed by atoms with van der Waals surface area (Å²) < 4.78 is 113. The van der Waals surface area contributed by atoms with Crippen LogP contribution in [-0.4, -0.2) is 238 Å². The van der Waals surface area contributed by atoms with Crippen molar-refractivity contribution in [2.24, 2.45) is 0 Å². The molecule has 0 saturated carbocycles. The molecule has 392 valence electrons. The highest BCUT2D eigenvalue weighted by Gasteiger charge is 2.07. The van der Waals surface area contributed by atoms with E-state index in [1.54, 1.807) is 0 Å². The standard InChI is InChI=1S/C48H80O20/c1-2-6-46-45(5-1)65-41-37-61-33-29-57-25-21-53-17-13-49-9-10-51-15-19-55-23-27-59-31-35-63-39-43-67-47-7-3-4-8-48(47)68-44-40-64-36-32-60-28-24-56-20-16-52-12-11-50-14-18-54-22-26-58-30-34-62-38-42-66-46/h1-8H,9-44H2. The lowest BCUT2D eigenvalue weighted by atomic mass is 10.3. The minimum Gasteiger partial charge on any atom is -0.487 e. The Balaban J connectivity index is 1.20. The highest BCUT2D eigenvalue weighted by molar-refractivity contribution is 5.40. The number of benzene rings is 2. The number of ether oxygens (including phenoxy) is 20. The van der Waals surface area contributed by atoms with E-state index in [0.717, 1.165) is 0 Å². The molecule has 2 aromatic rings. The Labute approximate surface area is 403 Å². The van der Waals surface area contributed by atoms with E-state index in [1.807, 2.05) is 48.5 Å². The van der Waals surface area contributed by atoms with Gasteiger partial charge in [0.15, 0.2) is 23.0 Å². The third-order valence-corrected chi connectivity index (χ3v) is 8.85. The number of para-hydroxylation sites is 4. The van der Waals surface area contributed by atoms with E-state index in [4.69, 9.17) is 94.7 Å². The molecule has 20 nitrogen and oxygen atoms in total. The quantitative estimate of drug-likeness (QED) is 0.375. The lowest BCUT2D eigenvalue weighted by Crippen LogP contribution is -2.16. The van der Waals surface area contributed by atoms with Gasteiger partial charge in [0.1, 0.15) is 26.4 Å². The first kappa shape index (κ1) is 59.3. The fraction of sp³-hybridized carbons (Fsp3) is 0.750. The summed E-state index contributed by atoms with van der Waals surface area (Å²) in [6.45, 7) is 16.4. The van der Waals surface area contributed by atoms with Gasteiger partial charge in [0.2, 0.25) is 0 Å². The highest BCUT2D eigenvalue weighted by atomic mass is 16.6. The fourth-order valence-corrected chi connectivity index (χ4v) is 5.50. The molecule has 68 heavy (non-hydrogen) atoms. The molecule has 0 fully saturated rings. The second-order valence-corrected chi connectivity index (χ2v) is 14.1. The summed E-state index contributed by atoms with van der Waals surface area (Å²) in [4.78, 5) is 0. The van der Waals surface area contributed by atoms with Gasteiger partial charge in [-0.15, -0.1) is 0 Å². The third-order valence-electron chi connectivity index (χ3n) is 8.85. The minimum atomic E-state index is 0.380. The highest BCUT2D eigenvalue weighted by Crippen LogP contribution is 2.27. The molecule has 2 aromatic carbocycles. The van der Waals surface area contributed by atoms with Crippen molar-refractivity contribution in [1.82, 2.24) is 0 Å². The largest absolute Gasteiger partial charge is 0.487 e. The van der Waals surface area contributed by atoms with Gasteiger partial charge < -0.3 is 94.7 Å². The van der Waals surface area contributed by atoms with E-state index in [1.165, 1.54) is 0 Å². The minimum absolute atomic E-state index is 0.380. The van der Waals surface area contributed by atoms with Crippen molar-refractivity contribution >= 4 is 0 Å². The van der Waals surface area contributed by atoms with Gasteiger partial charge in [-0.1, -0.05) is 24.3 Å². The van der Waals surface area contributed by atoms with Crippen molar-refractivity contribution in [1.29, 1.82) is 0 Å². The fourth-order valence-electron chi connectivity index (χ4n) is 5.50. The van der Waals surface area contributed by atoms with Crippen LogP contribution in [-0.2, 0) is 75.8 Å². The van der Waals surface area contributed by atoms with Crippen molar-refractivity contribution in [2.75, 3.05) is 238 Å². The predicted octanol–water partition coefficient (Wildman–Crippen LogP) is 3.18. The lowest BCUT2D eigenvalue weighted by molar-refractivity contribution is -0.0244. The second kappa shape index (κ2) is 47.7. The van der Waals surface area contributed by atoms with Crippen LogP contribution in [0.25, 0.3) is 0 Å². The summed E-state index contributed by atoms with van der Waals surface area (Å²) in [7, 11) is 0. The van der Waals surface area contributed by atoms with Gasteiger partial charge in [0.05, 0.1) is 211 Å². The maximum Gasteiger partial charge on any atom is 0.161 e. The molecule has 0 aromatic heterocycles. The Morgan fingerprint density at radius 2 is 0.250 bits per heavy atom. The van der Waals surface area contributed by atoms with Crippen LogP contribution >= 0.6 is 0 Å². The lowest BCUT2D eigenvalue weighted by Gasteiger charge is -2.13. The second-order valence-electron chi connectivity index (χ2n) is 14.1. The zero-order valence-electron chi connectivity index (χ0n) is 40.2. The number of hydrogen-bond donors (Lipinski definition) is 0. The van der Waals surface area contributed by atoms with Crippen molar-refractivity contribution < 1.29 is 94.7 Å². The normalized spacial score (nSPS) is 21.3. The van der Waals surface area contributed by atoms with Gasteiger partial charge in [-0.05, 0) is 24.3 Å². The maximum atomic E-state index is 5.87. The molecule has 0 N–H and O–H groups in total. The van der Waals surface area contributed by atoms with Crippen LogP contribution in [0, 0.1) is 0 Å². The molecule has 0 saturated heterocycles. The number of hydrogen-bond acceptors (Lipinski definition) is 20. The SMILES string of the molecule is c1ccc2c(c1)OCCOCCOCCOCCOCCOCCOCCOCCOCCOc1ccccc1OCCOCCOCCOCCOCCOCCOCCOCCOCCO2. The molecule has 0 atom stereocenters. The molecule has 0 amide bonds. The molecule has 20 heteroatoms. The topological polar surface area (TPSA) is 185 Å². The van der Waals surface area contributed by atoms with Gasteiger partial charge in [0, 0.05) is 0 Å². The summed E-state index contributed by atoms with van der Waals surface area (Å²) >= 11 is 0. The predicted molar refractivity (Wildman–Crippen MR) is 248 cm³/mol. The van der Waals surface area contributed by atoms with E-state index < -0.39 is 0 Å². The first-order valence-electron chi connectivity index (χ1n) is 23.9. The Morgan fingerprint density at radius 1 is 0.147 bits per heavy atom. The van der Waals surface area contributed by atoms with Crippen molar-refractivity contribution in [3.63, 3.8) is 0 Å². The molecule has 0 aliphatic carbocycles. The molecule has 1 heterocycles. The van der Waals surface area contributed by atoms with E-state index in [-0.39, 0.29) is 0 Å². The van der Waals surface area contributed by atoms with Crippen LogP contribution in [0.1, 0.15) is 0 Å². The Morgan fingerprint density at radius 3 is 0.368 bits per heavy atom. The molecule has 0 radical (unpaired) electrons. The van der Waals surface area contributed by atoms with Crippen molar-refractivity contribution in [3.8, 4) is 23.0 Å². The molecule has 0 spiro atoms. The third kappa shape index (κ3) is 36.9. The summed E-state index contributed by atoms with van der Waals surface area (Å²) in [5.74, 6) is 2.58. The zero-order chi connectivity index (χ0) is 47.6. The zero-order valence-corrected chi connectivity index (χ0v) is 40.2.